The molecule has 2 aromatic rings. The molecule has 2 N–H and O–H groups in total. The van der Waals surface area contributed by atoms with Crippen LogP contribution in [-0.2, 0) is 4.79 Å². The molecule has 0 aliphatic heterocycles. The Hall–Kier alpha value is -2.04. The lowest BCUT2D eigenvalue weighted by Gasteiger charge is -2.09. The Bertz CT molecular complexity index is 622. The monoisotopic (exact) mass is 334 g/mol. The molecule has 124 valence electrons. The zero-order valence-corrected chi connectivity index (χ0v) is 14.5. The molecule has 4 nitrogen and oxygen atoms in total. The average molecular weight is 335 g/mol. The molecule has 23 heavy (non-hydrogen) atoms. The van der Waals surface area contributed by atoms with Crippen molar-refractivity contribution in [1.29, 1.82) is 0 Å². The summed E-state index contributed by atoms with van der Waals surface area (Å²) in [6, 6.07) is 13.5. The van der Waals surface area contributed by atoms with Crippen LogP contribution in [-0.4, -0.2) is 19.5 Å². The van der Waals surface area contributed by atoms with Gasteiger partial charge < -0.3 is 15.4 Å². The van der Waals surface area contributed by atoms with Gasteiger partial charge in [-0.25, -0.2) is 0 Å². The fourth-order valence-electron chi connectivity index (χ4n) is 2.20. The van der Waals surface area contributed by atoms with Crippen molar-refractivity contribution in [1.82, 2.24) is 5.32 Å². The van der Waals surface area contributed by atoms with Crippen LogP contribution in [0, 0.1) is 13.8 Å². The Morgan fingerprint density at radius 1 is 1.00 bits per heavy atom. The van der Waals surface area contributed by atoms with Crippen molar-refractivity contribution in [2.45, 2.75) is 20.3 Å². The molecule has 1 amide bonds. The highest BCUT2D eigenvalue weighted by molar-refractivity contribution is 5.90. The van der Waals surface area contributed by atoms with Crippen molar-refractivity contribution in [3.63, 3.8) is 0 Å². The summed E-state index contributed by atoms with van der Waals surface area (Å²) in [6.07, 6.45) is 0.456. The quantitative estimate of drug-likeness (QED) is 0.837. The fourth-order valence-corrected chi connectivity index (χ4v) is 2.20. The van der Waals surface area contributed by atoms with Gasteiger partial charge in [-0.2, -0.15) is 0 Å². The molecule has 2 aromatic carbocycles. The molecular formula is C18H23ClN2O2. The molecule has 0 fully saturated rings. The van der Waals surface area contributed by atoms with Crippen molar-refractivity contribution in [2.24, 2.45) is 0 Å². The van der Waals surface area contributed by atoms with Gasteiger partial charge in [-0.1, -0.05) is 6.07 Å². The molecule has 0 unspecified atom stereocenters. The van der Waals surface area contributed by atoms with Gasteiger partial charge >= 0.3 is 0 Å². The molecule has 2 rings (SSSR count). The highest BCUT2D eigenvalue weighted by Crippen LogP contribution is 2.25. The Balaban J connectivity index is 0.00000264. The van der Waals surface area contributed by atoms with Gasteiger partial charge in [0.15, 0.2) is 0 Å². The van der Waals surface area contributed by atoms with Crippen LogP contribution >= 0.6 is 12.4 Å². The molecule has 0 atom stereocenters. The van der Waals surface area contributed by atoms with Gasteiger partial charge in [0.05, 0.1) is 0 Å². The van der Waals surface area contributed by atoms with Crippen LogP contribution in [0.15, 0.2) is 42.5 Å². The number of rotatable bonds is 6. The van der Waals surface area contributed by atoms with E-state index in [9.17, 15) is 4.79 Å². The van der Waals surface area contributed by atoms with Crippen LogP contribution in [0.25, 0.3) is 0 Å². The first-order chi connectivity index (χ1) is 10.6. The lowest BCUT2D eigenvalue weighted by atomic mass is 10.1. The zero-order chi connectivity index (χ0) is 15.9. The minimum absolute atomic E-state index is 0. The Kier molecular flexibility index (Phi) is 7.59. The van der Waals surface area contributed by atoms with Gasteiger partial charge in [0.2, 0.25) is 5.91 Å². The summed E-state index contributed by atoms with van der Waals surface area (Å²) in [6.45, 7) is 4.76. The molecule has 0 aromatic heterocycles. The third-order valence-corrected chi connectivity index (χ3v) is 3.17. The van der Waals surface area contributed by atoms with Crippen LogP contribution in [0.4, 0.5) is 5.69 Å². The highest BCUT2D eigenvalue weighted by atomic mass is 35.5. The fraction of sp³-hybridized carbons (Fsp3) is 0.278. The number of hydrogen-bond acceptors (Lipinski definition) is 3. The van der Waals surface area contributed by atoms with Crippen molar-refractivity contribution >= 4 is 24.0 Å². The van der Waals surface area contributed by atoms with Crippen LogP contribution in [0.1, 0.15) is 17.5 Å². The van der Waals surface area contributed by atoms with Crippen LogP contribution < -0.4 is 15.4 Å². The summed E-state index contributed by atoms with van der Waals surface area (Å²) in [7, 11) is 1.83. The number of anilines is 1. The van der Waals surface area contributed by atoms with E-state index in [4.69, 9.17) is 4.74 Å². The number of halogens is 1. The molecule has 0 heterocycles. The number of aryl methyl sites for hydroxylation is 2. The summed E-state index contributed by atoms with van der Waals surface area (Å²) < 4.78 is 5.84. The van der Waals surface area contributed by atoms with E-state index in [1.807, 2.05) is 57.3 Å². The van der Waals surface area contributed by atoms with E-state index < -0.39 is 0 Å². The molecule has 0 saturated heterocycles. The van der Waals surface area contributed by atoms with Crippen molar-refractivity contribution in [3.05, 3.63) is 53.6 Å². The summed E-state index contributed by atoms with van der Waals surface area (Å²) in [5, 5.41) is 5.80. The number of benzene rings is 2. The maximum Gasteiger partial charge on any atom is 0.225 e. The van der Waals surface area contributed by atoms with Crippen LogP contribution in [0.5, 0.6) is 11.5 Å². The largest absolute Gasteiger partial charge is 0.457 e. The van der Waals surface area contributed by atoms with Crippen molar-refractivity contribution in [3.8, 4) is 11.5 Å². The van der Waals surface area contributed by atoms with Gasteiger partial charge in [0.1, 0.15) is 11.5 Å². The van der Waals surface area contributed by atoms with E-state index in [1.54, 1.807) is 0 Å². The first kappa shape index (κ1) is 19.0. The van der Waals surface area contributed by atoms with Crippen molar-refractivity contribution < 1.29 is 9.53 Å². The minimum atomic E-state index is -0.00247. The lowest BCUT2D eigenvalue weighted by molar-refractivity contribution is -0.116. The number of amides is 1. The normalized spacial score (nSPS) is 9.87. The number of hydrogen-bond donors (Lipinski definition) is 2. The molecule has 0 spiro atoms. The first-order valence-electron chi connectivity index (χ1n) is 7.37. The highest BCUT2D eigenvalue weighted by Gasteiger charge is 2.03. The lowest BCUT2D eigenvalue weighted by Crippen LogP contribution is -2.18. The first-order valence-corrected chi connectivity index (χ1v) is 7.37. The second-order valence-electron chi connectivity index (χ2n) is 5.35. The Morgan fingerprint density at radius 3 is 2.17 bits per heavy atom. The number of carbonyl (C=O) groups is 1. The molecule has 0 bridgehead atoms. The van der Waals surface area contributed by atoms with E-state index >= 15 is 0 Å². The number of ether oxygens (including phenoxy) is 1. The second kappa shape index (κ2) is 9.18. The molecule has 0 saturated carbocycles. The topological polar surface area (TPSA) is 50.4 Å². The van der Waals surface area contributed by atoms with E-state index in [1.165, 1.54) is 11.1 Å². The molecule has 0 radical (unpaired) electrons. The second-order valence-corrected chi connectivity index (χ2v) is 5.35. The van der Waals surface area contributed by atoms with Gasteiger partial charge in [-0.3, -0.25) is 4.79 Å². The summed E-state index contributed by atoms with van der Waals surface area (Å²) in [5.74, 6) is 1.57. The minimum Gasteiger partial charge on any atom is -0.457 e. The SMILES string of the molecule is CNCCC(=O)Nc1ccc(Oc2cc(C)cc(C)c2)cc1.Cl. The van der Waals surface area contributed by atoms with Gasteiger partial charge in [0.25, 0.3) is 0 Å². The third-order valence-electron chi connectivity index (χ3n) is 3.17. The smallest absolute Gasteiger partial charge is 0.225 e. The maximum atomic E-state index is 11.6. The average Bonchev–Trinajstić information content (AvgIpc) is 2.46. The standard InChI is InChI=1S/C18H22N2O2.ClH/c1-13-10-14(2)12-17(11-13)22-16-6-4-15(5-7-16)20-18(21)8-9-19-3;/h4-7,10-12,19H,8-9H2,1-3H3,(H,20,21);1H. The van der Waals surface area contributed by atoms with E-state index in [0.29, 0.717) is 13.0 Å². The summed E-state index contributed by atoms with van der Waals surface area (Å²) >= 11 is 0. The van der Waals surface area contributed by atoms with E-state index in [2.05, 4.69) is 16.7 Å². The van der Waals surface area contributed by atoms with Gasteiger partial charge in [0, 0.05) is 18.7 Å². The Labute approximate surface area is 143 Å². The number of carbonyl (C=O) groups excluding carboxylic acids is 1. The zero-order valence-electron chi connectivity index (χ0n) is 13.7. The molecule has 5 heteroatoms. The van der Waals surface area contributed by atoms with E-state index in [0.717, 1.165) is 17.2 Å². The summed E-state index contributed by atoms with van der Waals surface area (Å²) in [4.78, 5) is 11.6. The van der Waals surface area contributed by atoms with Gasteiger partial charge in [-0.15, -0.1) is 12.4 Å². The predicted octanol–water partition coefficient (Wildman–Crippen LogP) is 4.07. The van der Waals surface area contributed by atoms with E-state index in [-0.39, 0.29) is 18.3 Å². The molecule has 0 aliphatic carbocycles. The van der Waals surface area contributed by atoms with Crippen molar-refractivity contribution in [2.75, 3.05) is 18.9 Å². The molecule has 0 aliphatic rings. The van der Waals surface area contributed by atoms with Gasteiger partial charge in [-0.05, 0) is 68.4 Å². The number of nitrogens with one attached hydrogen (secondary N) is 2. The maximum absolute atomic E-state index is 11.6. The predicted molar refractivity (Wildman–Crippen MR) is 96.9 cm³/mol. The van der Waals surface area contributed by atoms with Crippen LogP contribution in [0.3, 0.4) is 0 Å². The molecular weight excluding hydrogens is 312 g/mol. The Morgan fingerprint density at radius 2 is 1.61 bits per heavy atom. The van der Waals surface area contributed by atoms with Crippen LogP contribution in [0.2, 0.25) is 0 Å². The third kappa shape index (κ3) is 6.30. The summed E-state index contributed by atoms with van der Waals surface area (Å²) in [5.41, 5.74) is 3.11.